The van der Waals surface area contributed by atoms with Crippen LogP contribution >= 0.6 is 0 Å². The van der Waals surface area contributed by atoms with Crippen LogP contribution in [0.3, 0.4) is 0 Å². The Morgan fingerprint density at radius 1 is 1.35 bits per heavy atom. The second kappa shape index (κ2) is 4.77. The predicted octanol–water partition coefficient (Wildman–Crippen LogP) is -1.58. The highest BCUT2D eigenvalue weighted by Gasteiger charge is 2.16. The molecule has 0 bridgehead atoms. The minimum atomic E-state index is 0. The molecule has 0 saturated carbocycles. The summed E-state index contributed by atoms with van der Waals surface area (Å²) in [5.74, 6) is 0.302. The fourth-order valence-electron chi connectivity index (χ4n) is 2.23. The van der Waals surface area contributed by atoms with E-state index in [1.807, 2.05) is 13.0 Å². The van der Waals surface area contributed by atoms with Crippen molar-refractivity contribution in [2.75, 3.05) is 6.54 Å². The molecule has 0 spiro atoms. The standard InChI is InChI=1S/C12H12N2O.ClH.H2O/c1-7-12-10(4-5-13-7)9-3-2-8(15)6-11(9)14-12;;/h2-3,6,14-15H,4-5H2,1H3;1H;1H2/p-1. The van der Waals surface area contributed by atoms with Gasteiger partial charge in [0.05, 0.1) is 11.4 Å². The number of hydrogen-bond acceptors (Lipinski definition) is 2. The third kappa shape index (κ3) is 2.01. The third-order valence-electron chi connectivity index (χ3n) is 2.96. The number of nitrogens with one attached hydrogen (secondary N) is 1. The molecule has 1 aliphatic heterocycles. The Bertz CT molecular complexity index is 575. The van der Waals surface area contributed by atoms with Crippen molar-refractivity contribution in [3.05, 3.63) is 29.5 Å². The average molecular weight is 254 g/mol. The summed E-state index contributed by atoms with van der Waals surface area (Å²) in [6.45, 7) is 2.89. The van der Waals surface area contributed by atoms with E-state index in [4.69, 9.17) is 0 Å². The highest BCUT2D eigenvalue weighted by molar-refractivity contribution is 6.05. The summed E-state index contributed by atoms with van der Waals surface area (Å²) in [4.78, 5) is 7.73. The van der Waals surface area contributed by atoms with Gasteiger partial charge >= 0.3 is 0 Å². The molecule has 0 unspecified atom stereocenters. The van der Waals surface area contributed by atoms with Crippen LogP contribution in [0.2, 0.25) is 0 Å². The monoisotopic (exact) mass is 253 g/mol. The van der Waals surface area contributed by atoms with Crippen molar-refractivity contribution in [3.8, 4) is 5.75 Å². The van der Waals surface area contributed by atoms with E-state index in [0.29, 0.717) is 5.75 Å². The summed E-state index contributed by atoms with van der Waals surface area (Å²) in [6, 6.07) is 5.47. The van der Waals surface area contributed by atoms with Gasteiger partial charge in [-0.15, -0.1) is 0 Å². The fourth-order valence-corrected chi connectivity index (χ4v) is 2.23. The number of aromatic amines is 1. The second-order valence-electron chi connectivity index (χ2n) is 3.93. The van der Waals surface area contributed by atoms with Crippen LogP contribution < -0.4 is 12.4 Å². The molecule has 1 aromatic carbocycles. The molecule has 0 radical (unpaired) electrons. The first-order valence-corrected chi connectivity index (χ1v) is 5.11. The maximum absolute atomic E-state index is 9.41. The van der Waals surface area contributed by atoms with Gasteiger partial charge < -0.3 is 28.0 Å². The van der Waals surface area contributed by atoms with Gasteiger partial charge in [-0.2, -0.15) is 0 Å². The van der Waals surface area contributed by atoms with E-state index in [0.717, 1.165) is 29.9 Å². The Labute approximate surface area is 105 Å². The van der Waals surface area contributed by atoms with Crippen molar-refractivity contribution < 1.29 is 23.0 Å². The normalized spacial score (nSPS) is 13.4. The number of benzene rings is 1. The quantitative estimate of drug-likeness (QED) is 0.584. The van der Waals surface area contributed by atoms with E-state index in [2.05, 4.69) is 9.98 Å². The van der Waals surface area contributed by atoms with Crippen LogP contribution in [-0.4, -0.2) is 27.8 Å². The fraction of sp³-hybridized carbons (Fsp3) is 0.250. The minimum Gasteiger partial charge on any atom is -1.00 e. The van der Waals surface area contributed by atoms with Crippen LogP contribution in [0, 0.1) is 0 Å². The van der Waals surface area contributed by atoms with Crippen LogP contribution in [0.15, 0.2) is 23.2 Å². The van der Waals surface area contributed by atoms with E-state index in [9.17, 15) is 5.11 Å². The Balaban J connectivity index is 0.000000722. The first-order valence-electron chi connectivity index (χ1n) is 5.11. The van der Waals surface area contributed by atoms with Crippen molar-refractivity contribution in [3.63, 3.8) is 0 Å². The Hall–Kier alpha value is -1.52. The van der Waals surface area contributed by atoms with Gasteiger partial charge in [-0.1, -0.05) is 0 Å². The number of aliphatic imine (C=N–C) groups is 1. The van der Waals surface area contributed by atoms with Crippen molar-refractivity contribution in [2.24, 2.45) is 4.99 Å². The second-order valence-corrected chi connectivity index (χ2v) is 3.93. The highest BCUT2D eigenvalue weighted by Crippen LogP contribution is 2.28. The summed E-state index contributed by atoms with van der Waals surface area (Å²) < 4.78 is 0. The predicted molar refractivity (Wildman–Crippen MR) is 64.4 cm³/mol. The summed E-state index contributed by atoms with van der Waals surface area (Å²) in [7, 11) is 0. The number of halogens is 1. The minimum absolute atomic E-state index is 0. The van der Waals surface area contributed by atoms with Crippen molar-refractivity contribution in [2.45, 2.75) is 13.3 Å². The highest BCUT2D eigenvalue weighted by atomic mass is 35.5. The Morgan fingerprint density at radius 2 is 2.12 bits per heavy atom. The largest absolute Gasteiger partial charge is 1.00 e. The molecule has 4 N–H and O–H groups in total. The molecule has 2 heterocycles. The van der Waals surface area contributed by atoms with Crippen LogP contribution in [-0.2, 0) is 6.42 Å². The zero-order valence-electron chi connectivity index (χ0n) is 9.42. The number of nitrogens with zero attached hydrogens (tertiary/aromatic N) is 1. The number of hydrogen-bond donors (Lipinski definition) is 2. The number of aromatic hydroxyl groups is 1. The molecule has 2 aromatic rings. The third-order valence-corrected chi connectivity index (χ3v) is 2.96. The molecular formula is C12H14ClN2O2-. The Kier molecular flexibility index (Phi) is 3.80. The van der Waals surface area contributed by atoms with E-state index in [1.165, 1.54) is 10.9 Å². The van der Waals surface area contributed by atoms with Crippen LogP contribution in [0.25, 0.3) is 10.9 Å². The van der Waals surface area contributed by atoms with Crippen molar-refractivity contribution in [1.29, 1.82) is 0 Å². The molecule has 0 atom stereocenters. The molecule has 0 fully saturated rings. The van der Waals surface area contributed by atoms with Gasteiger partial charge in [0.1, 0.15) is 5.75 Å². The lowest BCUT2D eigenvalue weighted by Gasteiger charge is -2.08. The van der Waals surface area contributed by atoms with Crippen molar-refractivity contribution in [1.82, 2.24) is 4.98 Å². The first-order chi connectivity index (χ1) is 7.25. The molecule has 0 saturated heterocycles. The van der Waals surface area contributed by atoms with Crippen molar-refractivity contribution >= 4 is 16.6 Å². The van der Waals surface area contributed by atoms with Crippen LogP contribution in [0.1, 0.15) is 18.2 Å². The lowest BCUT2D eigenvalue weighted by Crippen LogP contribution is -3.00. The van der Waals surface area contributed by atoms with Crippen LogP contribution in [0.5, 0.6) is 5.75 Å². The maximum atomic E-state index is 9.41. The number of rotatable bonds is 0. The van der Waals surface area contributed by atoms with Gasteiger partial charge in [0.15, 0.2) is 0 Å². The van der Waals surface area contributed by atoms with E-state index in [1.54, 1.807) is 12.1 Å². The number of phenols is 1. The molecule has 4 nitrogen and oxygen atoms in total. The zero-order chi connectivity index (χ0) is 10.4. The summed E-state index contributed by atoms with van der Waals surface area (Å²) >= 11 is 0. The SMILES string of the molecule is CC1=NCCc2c1[nH]c1cc(O)ccc21.O.[Cl-]. The summed E-state index contributed by atoms with van der Waals surface area (Å²) in [5.41, 5.74) is 4.52. The molecule has 3 rings (SSSR count). The molecule has 0 amide bonds. The topological polar surface area (TPSA) is 79.9 Å². The van der Waals surface area contributed by atoms with E-state index >= 15 is 0 Å². The molecule has 1 aliphatic rings. The zero-order valence-corrected chi connectivity index (χ0v) is 10.2. The smallest absolute Gasteiger partial charge is 0.117 e. The van der Waals surface area contributed by atoms with Gasteiger partial charge in [0, 0.05) is 23.5 Å². The van der Waals surface area contributed by atoms with Gasteiger partial charge in [0.25, 0.3) is 0 Å². The molecule has 1 aromatic heterocycles. The molecule has 0 aliphatic carbocycles. The molecule has 5 heteroatoms. The van der Waals surface area contributed by atoms with E-state index < -0.39 is 0 Å². The Morgan fingerprint density at radius 3 is 2.88 bits per heavy atom. The number of aromatic nitrogens is 1. The summed E-state index contributed by atoms with van der Waals surface area (Å²) in [6.07, 6.45) is 0.984. The number of H-pyrrole nitrogens is 1. The molecule has 92 valence electrons. The van der Waals surface area contributed by atoms with E-state index in [-0.39, 0.29) is 17.9 Å². The van der Waals surface area contributed by atoms with Gasteiger partial charge in [-0.05, 0) is 31.0 Å². The lowest BCUT2D eigenvalue weighted by atomic mass is 10.0. The average Bonchev–Trinajstić information content (AvgIpc) is 2.57. The number of fused-ring (bicyclic) bond motifs is 3. The summed E-state index contributed by atoms with van der Waals surface area (Å²) in [5, 5.41) is 10.6. The van der Waals surface area contributed by atoms with Gasteiger partial charge in [-0.25, -0.2) is 0 Å². The van der Waals surface area contributed by atoms with Gasteiger partial charge in [0.2, 0.25) is 0 Å². The van der Waals surface area contributed by atoms with Gasteiger partial charge in [-0.3, -0.25) is 4.99 Å². The number of phenolic OH excluding ortho intramolecular Hbond substituents is 1. The molecular weight excluding hydrogens is 240 g/mol. The first kappa shape index (κ1) is 13.5. The maximum Gasteiger partial charge on any atom is 0.117 e. The van der Waals surface area contributed by atoms with Crippen LogP contribution in [0.4, 0.5) is 0 Å². The lowest BCUT2D eigenvalue weighted by molar-refractivity contribution is -0.00000540. The molecule has 17 heavy (non-hydrogen) atoms.